The van der Waals surface area contributed by atoms with E-state index in [1.54, 1.807) is 36.4 Å². The molecule has 8 heteroatoms. The van der Waals surface area contributed by atoms with Crippen molar-refractivity contribution >= 4 is 35.9 Å². The number of carbonyl (C=O) groups excluding carboxylic acids is 2. The Kier molecular flexibility index (Phi) is 8.52. The minimum atomic E-state index is -0.280. The number of halogens is 1. The van der Waals surface area contributed by atoms with Gasteiger partial charge < -0.3 is 21.5 Å². The van der Waals surface area contributed by atoms with Crippen molar-refractivity contribution in [3.8, 4) is 5.75 Å². The summed E-state index contributed by atoms with van der Waals surface area (Å²) < 4.78 is 0. The second kappa shape index (κ2) is 10.6. The first-order valence-corrected chi connectivity index (χ1v) is 10.5. The van der Waals surface area contributed by atoms with Gasteiger partial charge in [0.1, 0.15) is 5.75 Å². The molecule has 1 aliphatic rings. The predicted octanol–water partition coefficient (Wildman–Crippen LogP) is 2.58. The van der Waals surface area contributed by atoms with Gasteiger partial charge in [0, 0.05) is 34.7 Å². The Morgan fingerprint density at radius 1 is 1.17 bits per heavy atom. The number of thioether (sulfide) groups is 1. The molecule has 1 aliphatic heterocycles. The van der Waals surface area contributed by atoms with Crippen molar-refractivity contribution in [1.29, 1.82) is 0 Å². The first-order chi connectivity index (χ1) is 13.5. The maximum absolute atomic E-state index is 12.7. The maximum atomic E-state index is 12.7. The molecule has 156 valence electrons. The third kappa shape index (κ3) is 5.73. The molecule has 2 aromatic carbocycles. The van der Waals surface area contributed by atoms with E-state index < -0.39 is 0 Å². The van der Waals surface area contributed by atoms with Gasteiger partial charge in [-0.15, -0.1) is 24.2 Å². The van der Waals surface area contributed by atoms with Gasteiger partial charge in [0.15, 0.2) is 5.78 Å². The summed E-state index contributed by atoms with van der Waals surface area (Å²) in [6.45, 7) is 1.58. The molecule has 1 amide bonds. The minimum Gasteiger partial charge on any atom is -0.507 e. The zero-order valence-electron chi connectivity index (χ0n) is 16.2. The largest absolute Gasteiger partial charge is 0.507 e. The van der Waals surface area contributed by atoms with E-state index in [4.69, 9.17) is 5.73 Å². The molecule has 0 saturated carbocycles. The molecule has 1 heterocycles. The van der Waals surface area contributed by atoms with Crippen LogP contribution in [0.5, 0.6) is 5.75 Å². The lowest BCUT2D eigenvalue weighted by Crippen LogP contribution is -2.50. The minimum absolute atomic E-state index is 0. The molecule has 5 N–H and O–H groups in total. The van der Waals surface area contributed by atoms with Crippen LogP contribution in [-0.4, -0.2) is 48.2 Å². The first-order valence-electron chi connectivity index (χ1n) is 9.28. The van der Waals surface area contributed by atoms with Gasteiger partial charge in [-0.2, -0.15) is 0 Å². The van der Waals surface area contributed by atoms with Crippen LogP contribution >= 0.6 is 24.2 Å². The molecule has 3 rings (SSSR count). The van der Waals surface area contributed by atoms with E-state index >= 15 is 0 Å². The van der Waals surface area contributed by atoms with Crippen LogP contribution in [0, 0.1) is 0 Å². The number of hydrogen-bond donors (Lipinski definition) is 4. The van der Waals surface area contributed by atoms with E-state index in [0.29, 0.717) is 17.7 Å². The summed E-state index contributed by atoms with van der Waals surface area (Å²) in [6, 6.07) is 11.2. The van der Waals surface area contributed by atoms with Gasteiger partial charge >= 0.3 is 0 Å². The normalized spacial score (nSPS) is 19.0. The van der Waals surface area contributed by atoms with Crippen LogP contribution in [0.15, 0.2) is 47.4 Å². The van der Waals surface area contributed by atoms with Crippen LogP contribution in [0.4, 0.5) is 0 Å². The molecule has 0 aromatic heterocycles. The number of rotatable bonds is 5. The van der Waals surface area contributed by atoms with E-state index in [0.717, 1.165) is 24.3 Å². The van der Waals surface area contributed by atoms with E-state index in [1.807, 2.05) is 6.26 Å². The van der Waals surface area contributed by atoms with Gasteiger partial charge in [0.25, 0.3) is 5.91 Å². The van der Waals surface area contributed by atoms with Crippen LogP contribution in [-0.2, 0) is 0 Å². The van der Waals surface area contributed by atoms with Crippen LogP contribution in [0.25, 0.3) is 0 Å². The summed E-state index contributed by atoms with van der Waals surface area (Å²) >= 11 is 1.50. The maximum Gasteiger partial charge on any atom is 0.251 e. The molecule has 0 bridgehead atoms. The highest BCUT2D eigenvalue weighted by Crippen LogP contribution is 2.26. The standard InChI is InChI=1S/C21H25N3O3S.ClH/c1-28-15-8-9-19(25)16(11-15)20(26)13-4-6-14(7-5-13)21(27)24-18-3-2-10-23-12-17(18)22;/h4-9,11,17-18,23,25H,2-3,10,12,22H2,1H3,(H,24,27);1H/t17-,18-;/m1./s1. The van der Waals surface area contributed by atoms with Crippen LogP contribution in [0.2, 0.25) is 0 Å². The number of nitrogens with one attached hydrogen (secondary N) is 2. The number of benzene rings is 2. The Labute approximate surface area is 181 Å². The fraction of sp³-hybridized carbons (Fsp3) is 0.333. The summed E-state index contributed by atoms with van der Waals surface area (Å²) in [5.41, 5.74) is 7.27. The zero-order chi connectivity index (χ0) is 20.1. The fourth-order valence-corrected chi connectivity index (χ4v) is 3.70. The molecule has 0 spiro atoms. The third-order valence-corrected chi connectivity index (χ3v) is 5.66. The van der Waals surface area contributed by atoms with Crippen molar-refractivity contribution in [2.75, 3.05) is 19.3 Å². The van der Waals surface area contributed by atoms with Gasteiger partial charge in [0.2, 0.25) is 0 Å². The first kappa shape index (κ1) is 23.2. The quantitative estimate of drug-likeness (QED) is 0.425. The summed E-state index contributed by atoms with van der Waals surface area (Å²) in [5, 5.41) is 16.3. The average molecular weight is 436 g/mol. The molecule has 1 saturated heterocycles. The highest BCUT2D eigenvalue weighted by molar-refractivity contribution is 7.98. The fourth-order valence-electron chi connectivity index (χ4n) is 3.26. The molecule has 1 fully saturated rings. The predicted molar refractivity (Wildman–Crippen MR) is 118 cm³/mol. The summed E-state index contributed by atoms with van der Waals surface area (Å²) in [7, 11) is 0. The van der Waals surface area contributed by atoms with Gasteiger partial charge in [-0.1, -0.05) is 12.1 Å². The third-order valence-electron chi connectivity index (χ3n) is 4.94. The van der Waals surface area contributed by atoms with Crippen LogP contribution in [0.3, 0.4) is 0 Å². The molecule has 2 aromatic rings. The Bertz CT molecular complexity index is 861. The lowest BCUT2D eigenvalue weighted by Gasteiger charge is -2.22. The SMILES string of the molecule is CSc1ccc(O)c(C(=O)c2ccc(C(=O)N[C@@H]3CCCNC[C@H]3N)cc2)c1.Cl. The number of ketones is 1. The molecule has 0 radical (unpaired) electrons. The summed E-state index contributed by atoms with van der Waals surface area (Å²) in [4.78, 5) is 26.2. The van der Waals surface area contributed by atoms with Gasteiger partial charge in [-0.25, -0.2) is 0 Å². The van der Waals surface area contributed by atoms with Crippen molar-refractivity contribution in [2.24, 2.45) is 5.73 Å². The van der Waals surface area contributed by atoms with Crippen molar-refractivity contribution in [3.63, 3.8) is 0 Å². The molecule has 0 unspecified atom stereocenters. The molecule has 0 aliphatic carbocycles. The van der Waals surface area contributed by atoms with E-state index in [-0.39, 0.29) is 47.5 Å². The summed E-state index contributed by atoms with van der Waals surface area (Å²) in [5.74, 6) is -0.536. The summed E-state index contributed by atoms with van der Waals surface area (Å²) in [6.07, 6.45) is 3.70. The smallest absolute Gasteiger partial charge is 0.251 e. The van der Waals surface area contributed by atoms with Crippen molar-refractivity contribution in [1.82, 2.24) is 10.6 Å². The Morgan fingerprint density at radius 3 is 2.55 bits per heavy atom. The molecular weight excluding hydrogens is 410 g/mol. The zero-order valence-corrected chi connectivity index (χ0v) is 17.8. The Balaban J connectivity index is 0.00000300. The highest BCUT2D eigenvalue weighted by Gasteiger charge is 2.22. The van der Waals surface area contributed by atoms with Gasteiger partial charge in [-0.05, 0) is 56.0 Å². The van der Waals surface area contributed by atoms with Crippen LogP contribution in [0.1, 0.15) is 39.1 Å². The molecular formula is C21H26ClN3O3S. The lowest BCUT2D eigenvalue weighted by atomic mass is 10.0. The van der Waals surface area contributed by atoms with Gasteiger partial charge in [0.05, 0.1) is 5.56 Å². The monoisotopic (exact) mass is 435 g/mol. The average Bonchev–Trinajstić information content (AvgIpc) is 2.92. The number of phenols is 1. The number of nitrogens with two attached hydrogens (primary N) is 1. The van der Waals surface area contributed by atoms with Gasteiger partial charge in [-0.3, -0.25) is 9.59 Å². The van der Waals surface area contributed by atoms with Crippen molar-refractivity contribution in [3.05, 3.63) is 59.2 Å². The second-order valence-electron chi connectivity index (χ2n) is 6.88. The van der Waals surface area contributed by atoms with Crippen molar-refractivity contribution in [2.45, 2.75) is 29.8 Å². The topological polar surface area (TPSA) is 104 Å². The van der Waals surface area contributed by atoms with E-state index in [9.17, 15) is 14.7 Å². The number of hydrogen-bond acceptors (Lipinski definition) is 6. The molecule has 29 heavy (non-hydrogen) atoms. The highest BCUT2D eigenvalue weighted by atomic mass is 35.5. The number of carbonyl (C=O) groups is 2. The van der Waals surface area contributed by atoms with Crippen molar-refractivity contribution < 1.29 is 14.7 Å². The number of phenolic OH excluding ortho intramolecular Hbond substituents is 1. The lowest BCUT2D eigenvalue weighted by molar-refractivity contribution is 0.0928. The Morgan fingerprint density at radius 2 is 1.86 bits per heavy atom. The Hall–Kier alpha value is -2.06. The molecule has 2 atom stereocenters. The molecule has 6 nitrogen and oxygen atoms in total. The van der Waals surface area contributed by atoms with E-state index in [1.165, 1.54) is 17.8 Å². The second-order valence-corrected chi connectivity index (χ2v) is 7.76. The van der Waals surface area contributed by atoms with Crippen LogP contribution < -0.4 is 16.4 Å². The number of amides is 1. The van der Waals surface area contributed by atoms with E-state index in [2.05, 4.69) is 10.6 Å². The number of aromatic hydroxyl groups is 1.